The summed E-state index contributed by atoms with van der Waals surface area (Å²) < 4.78 is 27.9. The molecule has 0 bridgehead atoms. The third kappa shape index (κ3) is 2.99. The molecular formula is C14H22N2O2S. The second-order valence-corrected chi connectivity index (χ2v) is 7.22. The smallest absolute Gasteiger partial charge is 0.241 e. The molecule has 1 aromatic rings. The van der Waals surface area contributed by atoms with Gasteiger partial charge in [0.2, 0.25) is 10.0 Å². The summed E-state index contributed by atoms with van der Waals surface area (Å²) in [6.45, 7) is 4.14. The number of hydrogen-bond acceptors (Lipinski definition) is 3. The van der Waals surface area contributed by atoms with E-state index in [1.807, 2.05) is 26.0 Å². The zero-order valence-corrected chi connectivity index (χ0v) is 12.4. The molecule has 0 saturated heterocycles. The maximum absolute atomic E-state index is 12.5. The van der Waals surface area contributed by atoms with Crippen molar-refractivity contribution in [2.75, 3.05) is 6.54 Å². The number of rotatable bonds is 4. The van der Waals surface area contributed by atoms with Crippen molar-refractivity contribution < 1.29 is 8.42 Å². The molecule has 1 aliphatic carbocycles. The zero-order valence-electron chi connectivity index (χ0n) is 11.6. The highest BCUT2D eigenvalue weighted by Gasteiger charge is 2.37. The molecule has 0 heterocycles. The molecule has 5 heteroatoms. The van der Waals surface area contributed by atoms with Crippen molar-refractivity contribution in [3.05, 3.63) is 29.3 Å². The molecule has 3 N–H and O–H groups in total. The van der Waals surface area contributed by atoms with E-state index in [2.05, 4.69) is 4.72 Å². The van der Waals surface area contributed by atoms with E-state index in [0.29, 0.717) is 11.4 Å². The number of benzene rings is 1. The molecule has 106 valence electrons. The first-order chi connectivity index (χ1) is 8.88. The second-order valence-electron chi connectivity index (χ2n) is 5.57. The lowest BCUT2D eigenvalue weighted by molar-refractivity contribution is 0.399. The van der Waals surface area contributed by atoms with Gasteiger partial charge in [0.15, 0.2) is 0 Å². The highest BCUT2D eigenvalue weighted by atomic mass is 32.2. The van der Waals surface area contributed by atoms with E-state index in [9.17, 15) is 8.42 Å². The summed E-state index contributed by atoms with van der Waals surface area (Å²) in [5.41, 5.74) is 7.18. The molecule has 1 saturated carbocycles. The molecule has 0 amide bonds. The molecule has 0 atom stereocenters. The van der Waals surface area contributed by atoms with Crippen LogP contribution in [0, 0.1) is 13.8 Å². The quantitative estimate of drug-likeness (QED) is 0.885. The molecule has 19 heavy (non-hydrogen) atoms. The van der Waals surface area contributed by atoms with Crippen molar-refractivity contribution >= 4 is 10.0 Å². The van der Waals surface area contributed by atoms with Crippen LogP contribution in [0.2, 0.25) is 0 Å². The van der Waals surface area contributed by atoms with Crippen molar-refractivity contribution in [2.45, 2.75) is 50.0 Å². The van der Waals surface area contributed by atoms with E-state index >= 15 is 0 Å². The lowest BCUT2D eigenvalue weighted by Gasteiger charge is -2.28. The molecule has 4 nitrogen and oxygen atoms in total. The fourth-order valence-corrected chi connectivity index (χ4v) is 4.54. The molecule has 0 aromatic heterocycles. The Bertz CT molecular complexity index is 561. The molecule has 1 aromatic carbocycles. The number of nitrogens with one attached hydrogen (secondary N) is 1. The Kier molecular flexibility index (Phi) is 3.99. The first-order valence-electron chi connectivity index (χ1n) is 6.70. The Labute approximate surface area is 115 Å². The predicted molar refractivity (Wildman–Crippen MR) is 76.5 cm³/mol. The third-order valence-electron chi connectivity index (χ3n) is 3.92. The van der Waals surface area contributed by atoms with Gasteiger partial charge in [-0.2, -0.15) is 0 Å². The largest absolute Gasteiger partial charge is 0.329 e. The average molecular weight is 282 g/mol. The lowest BCUT2D eigenvalue weighted by atomic mass is 10.0. The third-order valence-corrected chi connectivity index (χ3v) is 5.66. The van der Waals surface area contributed by atoms with Crippen molar-refractivity contribution in [3.63, 3.8) is 0 Å². The first kappa shape index (κ1) is 14.5. The maximum Gasteiger partial charge on any atom is 0.241 e. The van der Waals surface area contributed by atoms with Crippen LogP contribution in [0.4, 0.5) is 0 Å². The number of hydrogen-bond donors (Lipinski definition) is 2. The van der Waals surface area contributed by atoms with Crippen LogP contribution in [-0.4, -0.2) is 20.5 Å². The van der Waals surface area contributed by atoms with Gasteiger partial charge in [-0.3, -0.25) is 0 Å². The van der Waals surface area contributed by atoms with Crippen LogP contribution in [0.1, 0.15) is 36.8 Å². The summed E-state index contributed by atoms with van der Waals surface area (Å²) in [4.78, 5) is 0.359. The molecule has 2 rings (SSSR count). The summed E-state index contributed by atoms with van der Waals surface area (Å²) in [6.07, 6.45) is 3.72. The van der Waals surface area contributed by atoms with Gasteiger partial charge in [0.25, 0.3) is 0 Å². The Morgan fingerprint density at radius 3 is 2.42 bits per heavy atom. The van der Waals surface area contributed by atoms with Gasteiger partial charge in [-0.05, 0) is 38.3 Å². The Morgan fingerprint density at radius 1 is 1.26 bits per heavy atom. The van der Waals surface area contributed by atoms with Crippen LogP contribution in [0.3, 0.4) is 0 Å². The van der Waals surface area contributed by atoms with E-state index in [1.54, 1.807) is 6.07 Å². The minimum atomic E-state index is -3.49. The molecule has 0 radical (unpaired) electrons. The minimum absolute atomic E-state index is 0.358. The van der Waals surface area contributed by atoms with Gasteiger partial charge in [0.1, 0.15) is 0 Å². The monoisotopic (exact) mass is 282 g/mol. The van der Waals surface area contributed by atoms with Crippen LogP contribution in [0.15, 0.2) is 23.1 Å². The Hall–Kier alpha value is -0.910. The summed E-state index contributed by atoms with van der Waals surface area (Å²) in [6, 6.07) is 5.38. The van der Waals surface area contributed by atoms with Crippen LogP contribution in [-0.2, 0) is 10.0 Å². The summed E-state index contributed by atoms with van der Waals surface area (Å²) in [5.74, 6) is 0. The van der Waals surface area contributed by atoms with Crippen molar-refractivity contribution in [2.24, 2.45) is 5.73 Å². The van der Waals surface area contributed by atoms with E-state index in [0.717, 1.165) is 36.8 Å². The van der Waals surface area contributed by atoms with Gasteiger partial charge in [0, 0.05) is 12.1 Å². The van der Waals surface area contributed by atoms with Gasteiger partial charge in [0.05, 0.1) is 4.90 Å². The van der Waals surface area contributed by atoms with E-state index < -0.39 is 15.6 Å². The highest BCUT2D eigenvalue weighted by Crippen LogP contribution is 2.30. The second kappa shape index (κ2) is 5.23. The van der Waals surface area contributed by atoms with Crippen LogP contribution in [0.25, 0.3) is 0 Å². The SMILES string of the molecule is Cc1ccc(S(=O)(=O)NC2(CN)CCCC2)c(C)c1. The van der Waals surface area contributed by atoms with Crippen molar-refractivity contribution in [1.82, 2.24) is 4.72 Å². The standard InChI is InChI=1S/C14H22N2O2S/c1-11-5-6-13(12(2)9-11)19(17,18)16-14(10-15)7-3-4-8-14/h5-6,9,16H,3-4,7-8,10,15H2,1-2H3. The first-order valence-corrected chi connectivity index (χ1v) is 8.18. The van der Waals surface area contributed by atoms with Gasteiger partial charge in [-0.25, -0.2) is 13.1 Å². The molecule has 0 aliphatic heterocycles. The van der Waals surface area contributed by atoms with E-state index in [4.69, 9.17) is 5.73 Å². The van der Waals surface area contributed by atoms with Gasteiger partial charge in [-0.1, -0.05) is 30.5 Å². The highest BCUT2D eigenvalue weighted by molar-refractivity contribution is 7.89. The predicted octanol–water partition coefficient (Wildman–Crippen LogP) is 1.85. The fraction of sp³-hybridized carbons (Fsp3) is 0.571. The Balaban J connectivity index is 2.32. The fourth-order valence-electron chi connectivity index (χ4n) is 2.84. The molecule has 1 aliphatic rings. The molecule has 0 spiro atoms. The number of aryl methyl sites for hydroxylation is 2. The van der Waals surface area contributed by atoms with E-state index in [-0.39, 0.29) is 0 Å². The van der Waals surface area contributed by atoms with Gasteiger partial charge in [-0.15, -0.1) is 0 Å². The van der Waals surface area contributed by atoms with E-state index in [1.165, 1.54) is 0 Å². The zero-order chi connectivity index (χ0) is 14.1. The molecule has 1 fully saturated rings. The number of nitrogens with two attached hydrogens (primary N) is 1. The Morgan fingerprint density at radius 2 is 1.89 bits per heavy atom. The lowest BCUT2D eigenvalue weighted by Crippen LogP contribution is -2.51. The van der Waals surface area contributed by atoms with Crippen LogP contribution in [0.5, 0.6) is 0 Å². The normalized spacial score (nSPS) is 18.7. The summed E-state index contributed by atoms with van der Waals surface area (Å²) >= 11 is 0. The van der Waals surface area contributed by atoms with Crippen molar-refractivity contribution in [1.29, 1.82) is 0 Å². The number of sulfonamides is 1. The molecular weight excluding hydrogens is 260 g/mol. The van der Waals surface area contributed by atoms with Crippen LogP contribution >= 0.6 is 0 Å². The summed E-state index contributed by atoms with van der Waals surface area (Å²) in [7, 11) is -3.49. The summed E-state index contributed by atoms with van der Waals surface area (Å²) in [5, 5.41) is 0. The van der Waals surface area contributed by atoms with Gasteiger partial charge < -0.3 is 5.73 Å². The molecule has 0 unspecified atom stereocenters. The maximum atomic E-state index is 12.5. The van der Waals surface area contributed by atoms with Crippen molar-refractivity contribution in [3.8, 4) is 0 Å². The average Bonchev–Trinajstić information content (AvgIpc) is 2.77. The topological polar surface area (TPSA) is 72.2 Å². The van der Waals surface area contributed by atoms with Crippen LogP contribution < -0.4 is 10.5 Å². The van der Waals surface area contributed by atoms with Gasteiger partial charge >= 0.3 is 0 Å². The minimum Gasteiger partial charge on any atom is -0.329 e.